The average Bonchev–Trinajstić information content (AvgIpc) is 3.14. The van der Waals surface area contributed by atoms with Gasteiger partial charge in [-0.2, -0.15) is 0 Å². The molecule has 1 N–H and O–H groups in total. The zero-order valence-electron chi connectivity index (χ0n) is 12.5. The third-order valence-electron chi connectivity index (χ3n) is 4.11. The molecule has 3 nitrogen and oxygen atoms in total. The van der Waals surface area contributed by atoms with Crippen LogP contribution in [0.3, 0.4) is 0 Å². The summed E-state index contributed by atoms with van der Waals surface area (Å²) in [6, 6.07) is 25.5. The molecule has 0 fully saturated rings. The molecule has 0 aromatic heterocycles. The summed E-state index contributed by atoms with van der Waals surface area (Å²) >= 11 is 1.17. The summed E-state index contributed by atoms with van der Waals surface area (Å²) < 4.78 is 8.25. The molecule has 1 aliphatic heterocycles. The van der Waals surface area contributed by atoms with Crippen LogP contribution in [0.15, 0.2) is 78.0 Å². The van der Waals surface area contributed by atoms with E-state index in [1.165, 1.54) is 34.1 Å². The Hall–Kier alpha value is -2.46. The molecule has 0 aliphatic carbocycles. The maximum absolute atomic E-state index is 5.08. The number of nitrogens with one attached hydrogen (secondary N) is 1. The van der Waals surface area contributed by atoms with E-state index in [0.717, 1.165) is 12.3 Å². The van der Waals surface area contributed by atoms with Crippen molar-refractivity contribution in [3.8, 4) is 0 Å². The third-order valence-corrected chi connectivity index (χ3v) is 4.55. The van der Waals surface area contributed by atoms with Gasteiger partial charge in [-0.15, -0.1) is 0 Å². The van der Waals surface area contributed by atoms with Crippen molar-refractivity contribution >= 4 is 28.8 Å². The van der Waals surface area contributed by atoms with Crippen LogP contribution < -0.4 is 4.72 Å². The highest BCUT2D eigenvalue weighted by Crippen LogP contribution is 2.28. The number of hydrogen-bond donors (Lipinski definition) is 1. The van der Waals surface area contributed by atoms with E-state index in [1.54, 1.807) is 0 Å². The summed E-state index contributed by atoms with van der Waals surface area (Å²) in [4.78, 5) is 0. The van der Waals surface area contributed by atoms with E-state index in [1.807, 2.05) is 6.07 Å². The van der Waals surface area contributed by atoms with Crippen LogP contribution in [-0.4, -0.2) is 5.84 Å². The van der Waals surface area contributed by atoms with Crippen molar-refractivity contribution in [1.82, 2.24) is 4.72 Å². The number of amidine groups is 1. The topological polar surface area (TPSA) is 33.6 Å². The largest absolute Gasteiger partial charge is 0.297 e. The summed E-state index contributed by atoms with van der Waals surface area (Å²) in [5, 5.41) is 6.65. The summed E-state index contributed by atoms with van der Waals surface area (Å²) in [6.07, 6.45) is 0.884. The first kappa shape index (κ1) is 14.2. The second kappa shape index (κ2) is 6.34. The van der Waals surface area contributed by atoms with Gasteiger partial charge in [-0.05, 0) is 28.3 Å². The van der Waals surface area contributed by atoms with Crippen molar-refractivity contribution < 1.29 is 4.28 Å². The molecule has 4 heteroatoms. The standard InChI is InChI=1S/C19H16N2OS/c1-2-6-14(7-3-1)12-18(19-20-22-23-21-19)17-11-10-15-8-4-5-9-16(15)13-17/h1-11,13,18H,12H2,(H,20,21). The summed E-state index contributed by atoms with van der Waals surface area (Å²) in [7, 11) is 0. The van der Waals surface area contributed by atoms with Gasteiger partial charge in [0.15, 0.2) is 5.84 Å². The number of fused-ring (bicyclic) bond motifs is 1. The van der Waals surface area contributed by atoms with E-state index in [9.17, 15) is 0 Å². The molecular weight excluding hydrogens is 304 g/mol. The van der Waals surface area contributed by atoms with Crippen molar-refractivity contribution in [2.75, 3.05) is 0 Å². The lowest BCUT2D eigenvalue weighted by Gasteiger charge is -2.17. The van der Waals surface area contributed by atoms with Crippen molar-refractivity contribution in [2.45, 2.75) is 12.3 Å². The molecule has 0 saturated carbocycles. The lowest BCUT2D eigenvalue weighted by Crippen LogP contribution is -2.23. The van der Waals surface area contributed by atoms with Crippen molar-refractivity contribution in [3.05, 3.63) is 83.9 Å². The molecule has 0 amide bonds. The van der Waals surface area contributed by atoms with E-state index >= 15 is 0 Å². The molecule has 0 spiro atoms. The summed E-state index contributed by atoms with van der Waals surface area (Å²) in [5.74, 6) is 1.02. The van der Waals surface area contributed by atoms with Crippen LogP contribution in [0, 0.1) is 0 Å². The smallest absolute Gasteiger partial charge is 0.208 e. The van der Waals surface area contributed by atoms with E-state index in [4.69, 9.17) is 4.28 Å². The van der Waals surface area contributed by atoms with Gasteiger partial charge >= 0.3 is 0 Å². The zero-order chi connectivity index (χ0) is 15.5. The van der Waals surface area contributed by atoms with Gasteiger partial charge in [0, 0.05) is 0 Å². The quantitative estimate of drug-likeness (QED) is 0.560. The minimum atomic E-state index is 0.150. The van der Waals surface area contributed by atoms with E-state index in [2.05, 4.69) is 76.6 Å². The van der Waals surface area contributed by atoms with Gasteiger partial charge in [0.2, 0.25) is 12.2 Å². The van der Waals surface area contributed by atoms with Crippen LogP contribution in [-0.2, 0) is 10.7 Å². The fourth-order valence-corrected chi connectivity index (χ4v) is 3.34. The third kappa shape index (κ3) is 3.03. The lowest BCUT2D eigenvalue weighted by molar-refractivity contribution is 0.413. The minimum absolute atomic E-state index is 0.150. The van der Waals surface area contributed by atoms with Gasteiger partial charge in [0.05, 0.1) is 5.92 Å². The SMILES string of the molecule is c1ccc(CC(C2=NOSN2)c2ccc3ccccc3c2)cc1. The van der Waals surface area contributed by atoms with Gasteiger partial charge in [-0.3, -0.25) is 9.01 Å². The van der Waals surface area contributed by atoms with Crippen LogP contribution in [0.1, 0.15) is 17.0 Å². The van der Waals surface area contributed by atoms with Crippen LogP contribution in [0.2, 0.25) is 0 Å². The Morgan fingerprint density at radius 2 is 1.70 bits per heavy atom. The predicted molar refractivity (Wildman–Crippen MR) is 96.1 cm³/mol. The van der Waals surface area contributed by atoms with Crippen molar-refractivity contribution in [3.63, 3.8) is 0 Å². The maximum Gasteiger partial charge on any atom is 0.208 e. The summed E-state index contributed by atoms with van der Waals surface area (Å²) in [6.45, 7) is 0. The Bertz CT molecular complexity index is 848. The first-order valence-corrected chi connectivity index (χ1v) is 8.33. The highest BCUT2D eigenvalue weighted by Gasteiger charge is 2.23. The molecule has 23 heavy (non-hydrogen) atoms. The molecular formula is C19H16N2OS. The lowest BCUT2D eigenvalue weighted by atomic mass is 9.89. The van der Waals surface area contributed by atoms with Gasteiger partial charge in [0.1, 0.15) is 0 Å². The Kier molecular flexibility index (Phi) is 3.90. The molecule has 0 radical (unpaired) electrons. The second-order valence-corrected chi connectivity index (χ2v) is 6.11. The van der Waals surface area contributed by atoms with Crippen molar-refractivity contribution in [2.24, 2.45) is 5.16 Å². The molecule has 3 aromatic rings. The molecule has 0 bridgehead atoms. The number of benzene rings is 3. The molecule has 1 aliphatic rings. The predicted octanol–water partition coefficient (Wildman–Crippen LogP) is 4.66. The van der Waals surface area contributed by atoms with Crippen LogP contribution in [0.5, 0.6) is 0 Å². The zero-order valence-corrected chi connectivity index (χ0v) is 13.3. The highest BCUT2D eigenvalue weighted by atomic mass is 32.2. The highest BCUT2D eigenvalue weighted by molar-refractivity contribution is 7.93. The van der Waals surface area contributed by atoms with Crippen LogP contribution in [0.25, 0.3) is 10.8 Å². The normalized spacial score (nSPS) is 14.9. The molecule has 0 saturated heterocycles. The van der Waals surface area contributed by atoms with Crippen LogP contribution in [0.4, 0.5) is 0 Å². The minimum Gasteiger partial charge on any atom is -0.297 e. The van der Waals surface area contributed by atoms with Gasteiger partial charge in [-0.1, -0.05) is 78.0 Å². The van der Waals surface area contributed by atoms with Gasteiger partial charge < -0.3 is 0 Å². The fourth-order valence-electron chi connectivity index (χ4n) is 2.92. The maximum atomic E-state index is 5.08. The molecule has 1 heterocycles. The number of nitrogens with zero attached hydrogens (tertiary/aromatic N) is 1. The molecule has 3 aromatic carbocycles. The van der Waals surface area contributed by atoms with Crippen molar-refractivity contribution in [1.29, 1.82) is 0 Å². The monoisotopic (exact) mass is 320 g/mol. The average molecular weight is 320 g/mol. The second-order valence-electron chi connectivity index (χ2n) is 5.59. The van der Waals surface area contributed by atoms with E-state index in [0.29, 0.717) is 0 Å². The van der Waals surface area contributed by atoms with E-state index in [-0.39, 0.29) is 5.92 Å². The Morgan fingerprint density at radius 3 is 2.48 bits per heavy atom. The number of hydrogen-bond acceptors (Lipinski definition) is 4. The number of rotatable bonds is 4. The Labute approximate surface area is 139 Å². The van der Waals surface area contributed by atoms with E-state index < -0.39 is 0 Å². The molecule has 4 rings (SSSR count). The number of oxime groups is 1. The summed E-state index contributed by atoms with van der Waals surface area (Å²) in [5.41, 5.74) is 2.52. The van der Waals surface area contributed by atoms with Gasteiger partial charge in [0.25, 0.3) is 0 Å². The fraction of sp³-hybridized carbons (Fsp3) is 0.105. The molecule has 1 atom stereocenters. The van der Waals surface area contributed by atoms with Gasteiger partial charge in [-0.25, -0.2) is 0 Å². The first-order chi connectivity index (χ1) is 11.4. The van der Waals surface area contributed by atoms with Crippen LogP contribution >= 0.6 is 12.2 Å². The molecule has 1 unspecified atom stereocenters. The first-order valence-electron chi connectivity index (χ1n) is 7.59. The Morgan fingerprint density at radius 1 is 0.913 bits per heavy atom. The molecule has 114 valence electrons. The Balaban J connectivity index is 1.73.